The molecule has 7 heteroatoms. The summed E-state index contributed by atoms with van der Waals surface area (Å²) in [5.41, 5.74) is 2.18. The number of hydrogen-bond acceptors (Lipinski definition) is 4. The molecule has 1 fully saturated rings. The summed E-state index contributed by atoms with van der Waals surface area (Å²) >= 11 is 0. The second-order valence-electron chi connectivity index (χ2n) is 8.45. The quantitative estimate of drug-likeness (QED) is 0.574. The molecule has 0 aliphatic carbocycles. The van der Waals surface area contributed by atoms with Gasteiger partial charge in [0, 0.05) is 44.5 Å². The summed E-state index contributed by atoms with van der Waals surface area (Å²) in [6.07, 6.45) is 1.98. The zero-order valence-corrected chi connectivity index (χ0v) is 19.4. The Kier molecular flexibility index (Phi) is 9.01. The Hall–Kier alpha value is -3.19. The van der Waals surface area contributed by atoms with Crippen molar-refractivity contribution >= 4 is 17.7 Å². The lowest BCUT2D eigenvalue weighted by Gasteiger charge is -2.36. The highest BCUT2D eigenvalue weighted by Gasteiger charge is 2.34. The van der Waals surface area contributed by atoms with Crippen LogP contribution in [0.5, 0.6) is 0 Å². The van der Waals surface area contributed by atoms with E-state index < -0.39 is 6.04 Å². The average molecular weight is 452 g/mol. The Morgan fingerprint density at radius 3 is 2.39 bits per heavy atom. The maximum absolute atomic E-state index is 13.0. The molecule has 1 aliphatic heterocycles. The monoisotopic (exact) mass is 451 g/mol. The first kappa shape index (κ1) is 24.5. The molecule has 3 rings (SSSR count). The molecule has 1 heterocycles. The van der Waals surface area contributed by atoms with E-state index in [1.165, 1.54) is 0 Å². The van der Waals surface area contributed by atoms with E-state index >= 15 is 0 Å². The van der Waals surface area contributed by atoms with Crippen LogP contribution in [0.1, 0.15) is 45.5 Å². The molecule has 0 radical (unpaired) electrons. The predicted octanol–water partition coefficient (Wildman–Crippen LogP) is 2.80. The molecule has 1 aliphatic rings. The van der Waals surface area contributed by atoms with Gasteiger partial charge in [-0.3, -0.25) is 14.4 Å². The fraction of sp³-hybridized carbons (Fsp3) is 0.423. The summed E-state index contributed by atoms with van der Waals surface area (Å²) in [6, 6.07) is 15.9. The molecule has 1 saturated heterocycles. The smallest absolute Gasteiger partial charge is 0.253 e. The molecule has 1 unspecified atom stereocenters. The van der Waals surface area contributed by atoms with Crippen molar-refractivity contribution < 1.29 is 19.1 Å². The van der Waals surface area contributed by atoms with E-state index in [0.29, 0.717) is 56.6 Å². The lowest BCUT2D eigenvalue weighted by Crippen LogP contribution is -2.54. The van der Waals surface area contributed by atoms with E-state index in [2.05, 4.69) is 10.6 Å². The maximum atomic E-state index is 13.0. The summed E-state index contributed by atoms with van der Waals surface area (Å²) in [7, 11) is 1.62. The zero-order valence-electron chi connectivity index (χ0n) is 19.4. The number of likely N-dealkylation sites (tertiary alicyclic amines) is 1. The molecule has 2 aromatic carbocycles. The van der Waals surface area contributed by atoms with Gasteiger partial charge in [-0.15, -0.1) is 0 Å². The molecule has 2 N–H and O–H groups in total. The molecule has 0 spiro atoms. The Morgan fingerprint density at radius 1 is 1.03 bits per heavy atom. The van der Waals surface area contributed by atoms with E-state index in [9.17, 15) is 14.4 Å². The summed E-state index contributed by atoms with van der Waals surface area (Å²) in [5.74, 6) is -0.516. The van der Waals surface area contributed by atoms with E-state index in [1.54, 1.807) is 13.2 Å². The SMILES string of the molecule is COCCCNC(=O)C(NC(=O)c1cccc(C)c1)C1CCN(C(=O)c2ccccc2)CC1. The highest BCUT2D eigenvalue weighted by atomic mass is 16.5. The molecule has 0 aromatic heterocycles. The third-order valence-corrected chi connectivity index (χ3v) is 5.99. The molecule has 2 aromatic rings. The van der Waals surface area contributed by atoms with Crippen molar-refractivity contribution in [3.63, 3.8) is 0 Å². The van der Waals surface area contributed by atoms with E-state index in [-0.39, 0.29) is 23.6 Å². The fourth-order valence-corrected chi connectivity index (χ4v) is 4.15. The maximum Gasteiger partial charge on any atom is 0.253 e. The fourth-order valence-electron chi connectivity index (χ4n) is 4.15. The number of carbonyl (C=O) groups excluding carboxylic acids is 3. The van der Waals surface area contributed by atoms with Crippen LogP contribution in [0.4, 0.5) is 0 Å². The van der Waals surface area contributed by atoms with Gasteiger partial charge in [-0.2, -0.15) is 0 Å². The molecule has 7 nitrogen and oxygen atoms in total. The van der Waals surface area contributed by atoms with Gasteiger partial charge in [-0.1, -0.05) is 35.9 Å². The van der Waals surface area contributed by atoms with Crippen molar-refractivity contribution in [1.29, 1.82) is 0 Å². The average Bonchev–Trinajstić information content (AvgIpc) is 2.85. The first-order valence-electron chi connectivity index (χ1n) is 11.5. The number of rotatable bonds is 9. The molecule has 0 bridgehead atoms. The Balaban J connectivity index is 1.66. The van der Waals surface area contributed by atoms with Crippen LogP contribution in [-0.4, -0.2) is 62.0 Å². The number of ether oxygens (including phenoxy) is 1. The minimum Gasteiger partial charge on any atom is -0.385 e. The number of amides is 3. The van der Waals surface area contributed by atoms with Crippen molar-refractivity contribution in [2.75, 3.05) is 33.4 Å². The number of aryl methyl sites for hydroxylation is 1. The standard InChI is InChI=1S/C26H33N3O4/c1-19-8-6-11-22(18-19)24(30)28-23(25(31)27-14-7-17-33-2)20-12-15-29(16-13-20)26(32)21-9-4-3-5-10-21/h3-6,8-11,18,20,23H,7,12-17H2,1-2H3,(H,27,31)(H,28,30). The zero-order chi connectivity index (χ0) is 23.6. The Labute approximate surface area is 195 Å². The number of methoxy groups -OCH3 is 1. The lowest BCUT2D eigenvalue weighted by atomic mass is 9.88. The van der Waals surface area contributed by atoms with Gasteiger partial charge >= 0.3 is 0 Å². The van der Waals surface area contributed by atoms with Crippen LogP contribution in [0.2, 0.25) is 0 Å². The van der Waals surface area contributed by atoms with Gasteiger partial charge in [-0.05, 0) is 56.4 Å². The molecule has 176 valence electrons. The van der Waals surface area contributed by atoms with Gasteiger partial charge in [0.1, 0.15) is 6.04 Å². The van der Waals surface area contributed by atoms with Crippen molar-refractivity contribution in [2.24, 2.45) is 5.92 Å². The van der Waals surface area contributed by atoms with E-state index in [4.69, 9.17) is 4.74 Å². The second-order valence-corrected chi connectivity index (χ2v) is 8.45. The normalized spacial score (nSPS) is 15.0. The van der Waals surface area contributed by atoms with E-state index in [0.717, 1.165) is 5.56 Å². The van der Waals surface area contributed by atoms with Crippen LogP contribution in [0, 0.1) is 12.8 Å². The Bertz CT molecular complexity index is 940. The van der Waals surface area contributed by atoms with Crippen LogP contribution >= 0.6 is 0 Å². The molecule has 1 atom stereocenters. The van der Waals surface area contributed by atoms with Gasteiger partial charge in [0.15, 0.2) is 0 Å². The topological polar surface area (TPSA) is 87.7 Å². The number of piperidine rings is 1. The highest BCUT2D eigenvalue weighted by Crippen LogP contribution is 2.23. The number of nitrogens with one attached hydrogen (secondary N) is 2. The third-order valence-electron chi connectivity index (χ3n) is 5.99. The van der Waals surface area contributed by atoms with Crippen LogP contribution in [-0.2, 0) is 9.53 Å². The van der Waals surface area contributed by atoms with Gasteiger partial charge in [0.25, 0.3) is 11.8 Å². The van der Waals surface area contributed by atoms with Gasteiger partial charge in [0.05, 0.1) is 0 Å². The van der Waals surface area contributed by atoms with E-state index in [1.807, 2.05) is 60.4 Å². The molecule has 33 heavy (non-hydrogen) atoms. The molecule has 0 saturated carbocycles. The summed E-state index contributed by atoms with van der Waals surface area (Å²) in [4.78, 5) is 40.5. The minimum absolute atomic E-state index is 0.00147. The minimum atomic E-state index is -0.658. The van der Waals surface area contributed by atoms with Crippen LogP contribution in [0.15, 0.2) is 54.6 Å². The third kappa shape index (κ3) is 6.89. The molecular weight excluding hydrogens is 418 g/mol. The van der Waals surface area contributed by atoms with Crippen LogP contribution < -0.4 is 10.6 Å². The first-order valence-corrected chi connectivity index (χ1v) is 11.5. The predicted molar refractivity (Wildman–Crippen MR) is 127 cm³/mol. The van der Waals surface area contributed by atoms with Crippen molar-refractivity contribution in [2.45, 2.75) is 32.2 Å². The number of nitrogens with zero attached hydrogens (tertiary/aromatic N) is 1. The number of benzene rings is 2. The Morgan fingerprint density at radius 2 is 1.73 bits per heavy atom. The lowest BCUT2D eigenvalue weighted by molar-refractivity contribution is -0.124. The summed E-state index contributed by atoms with van der Waals surface area (Å²) < 4.78 is 5.05. The summed E-state index contributed by atoms with van der Waals surface area (Å²) in [5, 5.41) is 5.89. The number of carbonyl (C=O) groups is 3. The summed E-state index contributed by atoms with van der Waals surface area (Å²) in [6.45, 7) is 4.06. The largest absolute Gasteiger partial charge is 0.385 e. The van der Waals surface area contributed by atoms with Gasteiger partial charge < -0.3 is 20.3 Å². The molecule has 3 amide bonds. The van der Waals surface area contributed by atoms with Crippen molar-refractivity contribution in [1.82, 2.24) is 15.5 Å². The van der Waals surface area contributed by atoms with Gasteiger partial charge in [0.2, 0.25) is 5.91 Å². The van der Waals surface area contributed by atoms with Gasteiger partial charge in [-0.25, -0.2) is 0 Å². The van der Waals surface area contributed by atoms with Crippen LogP contribution in [0.25, 0.3) is 0 Å². The second kappa shape index (κ2) is 12.2. The van der Waals surface area contributed by atoms with Crippen LogP contribution in [0.3, 0.4) is 0 Å². The van der Waals surface area contributed by atoms with Crippen molar-refractivity contribution in [3.8, 4) is 0 Å². The molecular formula is C26H33N3O4. The highest BCUT2D eigenvalue weighted by molar-refractivity contribution is 5.98. The van der Waals surface area contributed by atoms with Crippen molar-refractivity contribution in [3.05, 3.63) is 71.3 Å². The number of hydrogen-bond donors (Lipinski definition) is 2. The first-order chi connectivity index (χ1) is 16.0.